The monoisotopic (exact) mass is 246 g/mol. The summed E-state index contributed by atoms with van der Waals surface area (Å²) in [7, 11) is 0. The number of benzene rings is 1. The Morgan fingerprint density at radius 1 is 1.12 bits per heavy atom. The topological polar surface area (TPSA) is 17.1 Å². The Labute approximate surface area is 104 Å². The van der Waals surface area contributed by atoms with Gasteiger partial charge in [0.1, 0.15) is 0 Å². The SMILES string of the molecule is O=C(CC(=S)c1ccccc1)c1cccs1. The molecule has 0 aliphatic heterocycles. The van der Waals surface area contributed by atoms with Crippen LogP contribution in [0.15, 0.2) is 47.8 Å². The molecule has 3 heteroatoms. The normalized spacial score (nSPS) is 10.0. The summed E-state index contributed by atoms with van der Waals surface area (Å²) in [6, 6.07) is 13.4. The molecule has 0 bridgehead atoms. The first-order chi connectivity index (χ1) is 7.77. The predicted molar refractivity (Wildman–Crippen MR) is 71.4 cm³/mol. The smallest absolute Gasteiger partial charge is 0.178 e. The maximum atomic E-state index is 11.8. The van der Waals surface area contributed by atoms with Gasteiger partial charge in [0.25, 0.3) is 0 Å². The van der Waals surface area contributed by atoms with Crippen LogP contribution in [0, 0.1) is 0 Å². The number of thiophene rings is 1. The molecule has 0 saturated carbocycles. The zero-order valence-electron chi connectivity index (χ0n) is 8.55. The zero-order valence-corrected chi connectivity index (χ0v) is 10.2. The molecule has 0 saturated heterocycles. The summed E-state index contributed by atoms with van der Waals surface area (Å²) in [6.07, 6.45) is 0.319. The summed E-state index contributed by atoms with van der Waals surface area (Å²) in [6.45, 7) is 0. The van der Waals surface area contributed by atoms with Crippen molar-refractivity contribution in [2.24, 2.45) is 0 Å². The van der Waals surface area contributed by atoms with Crippen molar-refractivity contribution in [2.75, 3.05) is 0 Å². The fourth-order valence-electron chi connectivity index (χ4n) is 1.40. The van der Waals surface area contributed by atoms with Crippen LogP contribution < -0.4 is 0 Å². The van der Waals surface area contributed by atoms with Crippen LogP contribution in [-0.2, 0) is 0 Å². The fourth-order valence-corrected chi connectivity index (χ4v) is 2.33. The first-order valence-electron chi connectivity index (χ1n) is 4.92. The van der Waals surface area contributed by atoms with E-state index in [2.05, 4.69) is 0 Å². The van der Waals surface area contributed by atoms with Crippen molar-refractivity contribution in [3.05, 3.63) is 58.3 Å². The minimum Gasteiger partial charge on any atom is -0.293 e. The highest BCUT2D eigenvalue weighted by atomic mass is 32.1. The molecule has 2 aromatic rings. The summed E-state index contributed by atoms with van der Waals surface area (Å²) in [5.41, 5.74) is 0.961. The Kier molecular flexibility index (Phi) is 3.59. The molecule has 0 spiro atoms. The van der Waals surface area contributed by atoms with Gasteiger partial charge in [0, 0.05) is 11.3 Å². The van der Waals surface area contributed by atoms with E-state index in [4.69, 9.17) is 12.2 Å². The number of thiocarbonyl (C=S) groups is 1. The largest absolute Gasteiger partial charge is 0.293 e. The molecule has 0 radical (unpaired) electrons. The maximum Gasteiger partial charge on any atom is 0.178 e. The molecule has 1 heterocycles. The van der Waals surface area contributed by atoms with Crippen LogP contribution in [0.1, 0.15) is 21.7 Å². The van der Waals surface area contributed by atoms with E-state index in [0.29, 0.717) is 11.3 Å². The molecule has 0 fully saturated rings. The highest BCUT2D eigenvalue weighted by molar-refractivity contribution is 7.80. The quantitative estimate of drug-likeness (QED) is 0.604. The summed E-state index contributed by atoms with van der Waals surface area (Å²) < 4.78 is 0. The van der Waals surface area contributed by atoms with Crippen LogP contribution >= 0.6 is 23.6 Å². The summed E-state index contributed by atoms with van der Waals surface area (Å²) in [5, 5.41) is 1.90. The van der Waals surface area contributed by atoms with Gasteiger partial charge in [-0.3, -0.25) is 4.79 Å². The van der Waals surface area contributed by atoms with Crippen molar-refractivity contribution in [1.29, 1.82) is 0 Å². The Balaban J connectivity index is 2.06. The van der Waals surface area contributed by atoms with Crippen LogP contribution in [0.5, 0.6) is 0 Å². The number of ketones is 1. The van der Waals surface area contributed by atoms with E-state index in [1.54, 1.807) is 0 Å². The van der Waals surface area contributed by atoms with Gasteiger partial charge in [-0.1, -0.05) is 48.6 Å². The minimum atomic E-state index is 0.101. The number of hydrogen-bond donors (Lipinski definition) is 0. The van der Waals surface area contributed by atoms with Crippen molar-refractivity contribution < 1.29 is 4.79 Å². The molecular weight excluding hydrogens is 236 g/mol. The van der Waals surface area contributed by atoms with Gasteiger partial charge >= 0.3 is 0 Å². The molecule has 1 nitrogen and oxygen atoms in total. The number of hydrogen-bond acceptors (Lipinski definition) is 3. The lowest BCUT2D eigenvalue weighted by Crippen LogP contribution is -2.05. The second-order valence-corrected chi connectivity index (χ2v) is 4.81. The molecule has 2 rings (SSSR count). The van der Waals surface area contributed by atoms with Gasteiger partial charge in [-0.05, 0) is 17.0 Å². The van der Waals surface area contributed by atoms with E-state index in [9.17, 15) is 4.79 Å². The Morgan fingerprint density at radius 3 is 2.50 bits per heavy atom. The molecule has 16 heavy (non-hydrogen) atoms. The van der Waals surface area contributed by atoms with Crippen LogP contribution in [0.2, 0.25) is 0 Å². The van der Waals surface area contributed by atoms with Crippen molar-refractivity contribution in [3.63, 3.8) is 0 Å². The second kappa shape index (κ2) is 5.14. The Hall–Kier alpha value is -1.32. The molecule has 0 unspecified atom stereocenters. The Morgan fingerprint density at radius 2 is 1.88 bits per heavy atom. The molecule has 0 aliphatic carbocycles. The number of carbonyl (C=O) groups is 1. The Bertz CT molecular complexity index is 486. The van der Waals surface area contributed by atoms with E-state index >= 15 is 0 Å². The van der Waals surface area contributed by atoms with Crippen molar-refractivity contribution in [3.8, 4) is 0 Å². The molecule has 1 aromatic carbocycles. The lowest BCUT2D eigenvalue weighted by molar-refractivity contribution is 0.100. The van der Waals surface area contributed by atoms with Crippen molar-refractivity contribution in [2.45, 2.75) is 6.42 Å². The van der Waals surface area contributed by atoms with E-state index in [-0.39, 0.29) is 5.78 Å². The minimum absolute atomic E-state index is 0.101. The van der Waals surface area contributed by atoms with Crippen LogP contribution in [0.25, 0.3) is 0 Å². The highest BCUT2D eigenvalue weighted by Crippen LogP contribution is 2.14. The first-order valence-corrected chi connectivity index (χ1v) is 6.21. The lowest BCUT2D eigenvalue weighted by atomic mass is 10.1. The number of Topliss-reactive ketones (excluding diaryl/α,β-unsaturated/α-hetero) is 1. The fraction of sp³-hybridized carbons (Fsp3) is 0.0769. The van der Waals surface area contributed by atoms with Gasteiger partial charge in [-0.25, -0.2) is 0 Å². The molecule has 0 N–H and O–H groups in total. The first kappa shape index (κ1) is 11.2. The van der Waals surface area contributed by atoms with Crippen LogP contribution in [0.3, 0.4) is 0 Å². The molecule has 80 valence electrons. The number of carbonyl (C=O) groups excluding carboxylic acids is 1. The standard InChI is InChI=1S/C13H10OS2/c14-11(13-7-4-8-16-13)9-12(15)10-5-2-1-3-6-10/h1-8H,9H2. The van der Waals surface area contributed by atoms with E-state index < -0.39 is 0 Å². The maximum absolute atomic E-state index is 11.8. The van der Waals surface area contributed by atoms with Gasteiger partial charge in [0.05, 0.1) is 4.88 Å². The molecule has 1 aromatic heterocycles. The predicted octanol–water partition coefficient (Wildman–Crippen LogP) is 3.74. The van der Waals surface area contributed by atoms with Gasteiger partial charge < -0.3 is 0 Å². The summed E-state index contributed by atoms with van der Waals surface area (Å²) in [5.74, 6) is 0.101. The zero-order chi connectivity index (χ0) is 11.4. The van der Waals surface area contributed by atoms with Crippen LogP contribution in [-0.4, -0.2) is 10.6 Å². The van der Waals surface area contributed by atoms with Gasteiger partial charge in [-0.15, -0.1) is 11.3 Å². The molecule has 0 atom stereocenters. The average molecular weight is 246 g/mol. The third-order valence-electron chi connectivity index (χ3n) is 2.21. The van der Waals surface area contributed by atoms with E-state index in [1.165, 1.54) is 11.3 Å². The third kappa shape index (κ3) is 2.62. The average Bonchev–Trinajstić information content (AvgIpc) is 2.83. The van der Waals surface area contributed by atoms with Gasteiger partial charge in [0.15, 0.2) is 5.78 Å². The molecule has 0 amide bonds. The van der Waals surface area contributed by atoms with E-state index in [1.807, 2.05) is 47.8 Å². The van der Waals surface area contributed by atoms with E-state index in [0.717, 1.165) is 10.4 Å². The summed E-state index contributed by atoms with van der Waals surface area (Å²) >= 11 is 6.71. The van der Waals surface area contributed by atoms with Crippen molar-refractivity contribution >= 4 is 34.2 Å². The van der Waals surface area contributed by atoms with Gasteiger partial charge in [-0.2, -0.15) is 0 Å². The van der Waals surface area contributed by atoms with Crippen molar-refractivity contribution in [1.82, 2.24) is 0 Å². The number of rotatable bonds is 4. The molecule has 0 aliphatic rings. The van der Waals surface area contributed by atoms with Gasteiger partial charge in [0.2, 0.25) is 0 Å². The van der Waals surface area contributed by atoms with Crippen LogP contribution in [0.4, 0.5) is 0 Å². The third-order valence-corrected chi connectivity index (χ3v) is 3.50. The highest BCUT2D eigenvalue weighted by Gasteiger charge is 2.10. The lowest BCUT2D eigenvalue weighted by Gasteiger charge is -2.01. The second-order valence-electron chi connectivity index (χ2n) is 3.37. The molecular formula is C13H10OS2. The summed E-state index contributed by atoms with van der Waals surface area (Å²) in [4.78, 5) is 13.3.